The van der Waals surface area contributed by atoms with Gasteiger partial charge in [-0.3, -0.25) is 14.1 Å². The van der Waals surface area contributed by atoms with Crippen LogP contribution in [0.15, 0.2) is 36.5 Å². The second kappa shape index (κ2) is 40.9. The van der Waals surface area contributed by atoms with Crippen LogP contribution >= 0.6 is 7.82 Å². The Kier molecular flexibility index (Phi) is 39.6. The molecule has 54 heavy (non-hydrogen) atoms. The van der Waals surface area contributed by atoms with Crippen LogP contribution in [0.5, 0.6) is 0 Å². The lowest BCUT2D eigenvalue weighted by Crippen LogP contribution is -2.29. The van der Waals surface area contributed by atoms with E-state index in [1.807, 2.05) is 0 Å². The van der Waals surface area contributed by atoms with E-state index in [9.17, 15) is 14.2 Å². The SMILES string of the molecule is CCCCC/C=C/C/C=C/CCCCCCCCCC(=O)OC[C@H](COP(=O)(O)O)OC(=O)CCCCCCCCCCC/C=C/CCCCCCCC. The first-order chi connectivity index (χ1) is 26.3. The van der Waals surface area contributed by atoms with Crippen molar-refractivity contribution in [3.63, 3.8) is 0 Å². The molecule has 0 aliphatic rings. The Morgan fingerprint density at radius 3 is 1.28 bits per heavy atom. The highest BCUT2D eigenvalue weighted by atomic mass is 31.2. The lowest BCUT2D eigenvalue weighted by molar-refractivity contribution is -0.161. The Labute approximate surface area is 332 Å². The minimum atomic E-state index is -4.76. The molecule has 2 N–H and O–H groups in total. The maximum atomic E-state index is 12.4. The monoisotopic (exact) mass is 783 g/mol. The lowest BCUT2D eigenvalue weighted by atomic mass is 10.1. The zero-order valence-corrected chi connectivity index (χ0v) is 35.8. The van der Waals surface area contributed by atoms with Crippen LogP contribution < -0.4 is 0 Å². The van der Waals surface area contributed by atoms with Gasteiger partial charge >= 0.3 is 19.8 Å². The largest absolute Gasteiger partial charge is 0.469 e. The number of hydrogen-bond donors (Lipinski definition) is 2. The molecule has 9 heteroatoms. The molecule has 0 aliphatic heterocycles. The van der Waals surface area contributed by atoms with E-state index in [-0.39, 0.29) is 19.4 Å². The minimum Gasteiger partial charge on any atom is -0.462 e. The van der Waals surface area contributed by atoms with Crippen LogP contribution in [-0.2, 0) is 28.2 Å². The summed E-state index contributed by atoms with van der Waals surface area (Å²) in [5.74, 6) is -0.891. The molecule has 0 aromatic heterocycles. The summed E-state index contributed by atoms with van der Waals surface area (Å²) in [6.45, 7) is 3.67. The number of esters is 2. The fourth-order valence-electron chi connectivity index (χ4n) is 6.28. The Morgan fingerprint density at radius 1 is 0.481 bits per heavy atom. The summed E-state index contributed by atoms with van der Waals surface area (Å²) < 4.78 is 26.4. The van der Waals surface area contributed by atoms with Crippen LogP contribution in [0.25, 0.3) is 0 Å². The second-order valence-electron chi connectivity index (χ2n) is 15.0. The molecule has 0 amide bonds. The van der Waals surface area contributed by atoms with Crippen LogP contribution in [0, 0.1) is 0 Å². The highest BCUT2D eigenvalue weighted by Crippen LogP contribution is 2.36. The molecule has 316 valence electrons. The Morgan fingerprint density at radius 2 is 0.833 bits per heavy atom. The number of carbonyl (C=O) groups is 2. The smallest absolute Gasteiger partial charge is 0.462 e. The molecule has 0 bridgehead atoms. The van der Waals surface area contributed by atoms with Crippen LogP contribution in [0.3, 0.4) is 0 Å². The molecule has 0 heterocycles. The normalized spacial score (nSPS) is 12.7. The summed E-state index contributed by atoms with van der Waals surface area (Å²) in [6.07, 6.45) is 48.6. The van der Waals surface area contributed by atoms with Gasteiger partial charge in [-0.15, -0.1) is 0 Å². The van der Waals surface area contributed by atoms with Gasteiger partial charge in [-0.2, -0.15) is 0 Å². The van der Waals surface area contributed by atoms with E-state index in [2.05, 4.69) is 54.8 Å². The molecule has 0 fully saturated rings. The molecule has 0 spiro atoms. The molecule has 0 saturated heterocycles. The summed E-state index contributed by atoms with van der Waals surface area (Å²) in [6, 6.07) is 0. The van der Waals surface area contributed by atoms with Crippen molar-refractivity contribution >= 4 is 19.8 Å². The molecule has 0 radical (unpaired) electrons. The van der Waals surface area contributed by atoms with Crippen molar-refractivity contribution in [1.29, 1.82) is 0 Å². The van der Waals surface area contributed by atoms with Crippen molar-refractivity contribution in [3.05, 3.63) is 36.5 Å². The number of ether oxygens (including phenoxy) is 2. The highest BCUT2D eigenvalue weighted by molar-refractivity contribution is 7.46. The molecule has 0 aromatic rings. The van der Waals surface area contributed by atoms with Gasteiger partial charge in [-0.1, -0.05) is 172 Å². The van der Waals surface area contributed by atoms with E-state index in [1.165, 1.54) is 128 Å². The number of phosphoric ester groups is 1. The maximum Gasteiger partial charge on any atom is 0.469 e. The summed E-state index contributed by atoms with van der Waals surface area (Å²) in [5, 5.41) is 0. The third kappa shape index (κ3) is 43.0. The average Bonchev–Trinajstić information content (AvgIpc) is 3.14. The predicted octanol–water partition coefficient (Wildman–Crippen LogP) is 13.7. The van der Waals surface area contributed by atoms with Crippen LogP contribution in [-0.4, -0.2) is 41.0 Å². The van der Waals surface area contributed by atoms with Gasteiger partial charge in [0.05, 0.1) is 6.61 Å². The molecule has 0 aliphatic carbocycles. The van der Waals surface area contributed by atoms with Crippen LogP contribution in [0.1, 0.15) is 219 Å². The topological polar surface area (TPSA) is 119 Å². The Hall–Kier alpha value is -1.73. The second-order valence-corrected chi connectivity index (χ2v) is 16.3. The fraction of sp³-hybridized carbons (Fsp3) is 0.822. The van der Waals surface area contributed by atoms with Gasteiger partial charge in [0, 0.05) is 12.8 Å². The molecule has 0 aromatic carbocycles. The van der Waals surface area contributed by atoms with Gasteiger partial charge in [0.25, 0.3) is 0 Å². The van der Waals surface area contributed by atoms with Crippen molar-refractivity contribution in [1.82, 2.24) is 0 Å². The molecular formula is C45H83O8P. The first-order valence-electron chi connectivity index (χ1n) is 22.3. The minimum absolute atomic E-state index is 0.209. The summed E-state index contributed by atoms with van der Waals surface area (Å²) in [4.78, 5) is 42.9. The van der Waals surface area contributed by atoms with E-state index in [1.54, 1.807) is 0 Å². The third-order valence-corrected chi connectivity index (χ3v) is 10.1. The Bertz CT molecular complexity index is 973. The third-order valence-electron chi connectivity index (χ3n) is 9.63. The first kappa shape index (κ1) is 52.3. The van der Waals surface area contributed by atoms with Gasteiger partial charge < -0.3 is 19.3 Å². The summed E-state index contributed by atoms with van der Waals surface area (Å²) in [5.41, 5.74) is 0. The van der Waals surface area contributed by atoms with Crippen molar-refractivity contribution in [2.24, 2.45) is 0 Å². The molecule has 0 saturated carbocycles. The van der Waals surface area contributed by atoms with E-state index in [0.29, 0.717) is 12.8 Å². The van der Waals surface area contributed by atoms with Gasteiger partial charge in [0.15, 0.2) is 6.10 Å². The Balaban J connectivity index is 3.89. The fourth-order valence-corrected chi connectivity index (χ4v) is 6.64. The lowest BCUT2D eigenvalue weighted by Gasteiger charge is -2.18. The first-order valence-corrected chi connectivity index (χ1v) is 23.8. The van der Waals surface area contributed by atoms with Gasteiger partial charge in [-0.25, -0.2) is 4.57 Å². The van der Waals surface area contributed by atoms with E-state index in [4.69, 9.17) is 19.3 Å². The number of hydrogen-bond acceptors (Lipinski definition) is 6. The van der Waals surface area contributed by atoms with Crippen molar-refractivity contribution in [2.45, 2.75) is 225 Å². The zero-order valence-electron chi connectivity index (χ0n) is 34.9. The molecule has 1 atom stereocenters. The van der Waals surface area contributed by atoms with E-state index in [0.717, 1.165) is 51.4 Å². The maximum absolute atomic E-state index is 12.4. The van der Waals surface area contributed by atoms with E-state index < -0.39 is 32.5 Å². The standard InChI is InChI=1S/C45H83O8P/c1-3-5-7-9-11-13-15-17-19-21-22-24-26-28-30-32-34-36-38-40-45(47)53-43(42-52-54(48,49)50)41-51-44(46)39-37-35-33-31-29-27-25-23-20-18-16-14-12-10-8-6-4-2/h12,14,17-20,43H,3-11,13,15-16,21-42H2,1-2H3,(H2,48,49,50)/b14-12+,19-17+,20-18+/t43-/m1/s1. The average molecular weight is 783 g/mol. The molecule has 0 unspecified atom stereocenters. The zero-order chi connectivity index (χ0) is 39.6. The van der Waals surface area contributed by atoms with E-state index >= 15 is 0 Å². The highest BCUT2D eigenvalue weighted by Gasteiger charge is 2.22. The number of unbranched alkanes of at least 4 members (excludes halogenated alkanes) is 25. The van der Waals surface area contributed by atoms with Crippen LogP contribution in [0.4, 0.5) is 0 Å². The number of phosphoric acid groups is 1. The predicted molar refractivity (Wildman–Crippen MR) is 225 cm³/mol. The van der Waals surface area contributed by atoms with Crippen molar-refractivity contribution in [2.75, 3.05) is 13.2 Å². The van der Waals surface area contributed by atoms with Gasteiger partial charge in [-0.05, 0) is 70.6 Å². The van der Waals surface area contributed by atoms with Gasteiger partial charge in [0.2, 0.25) is 0 Å². The number of carbonyl (C=O) groups excluding carboxylic acids is 2. The molecule has 0 rings (SSSR count). The molecule has 8 nitrogen and oxygen atoms in total. The quantitative estimate of drug-likeness (QED) is 0.0272. The van der Waals surface area contributed by atoms with Crippen molar-refractivity contribution in [3.8, 4) is 0 Å². The number of allylic oxidation sites excluding steroid dienone is 6. The summed E-state index contributed by atoms with van der Waals surface area (Å²) in [7, 11) is -4.76. The van der Waals surface area contributed by atoms with Gasteiger partial charge in [0.1, 0.15) is 6.61 Å². The molecular weight excluding hydrogens is 699 g/mol. The summed E-state index contributed by atoms with van der Waals surface area (Å²) >= 11 is 0. The number of rotatable bonds is 41. The van der Waals surface area contributed by atoms with Crippen LogP contribution in [0.2, 0.25) is 0 Å². The van der Waals surface area contributed by atoms with Crippen molar-refractivity contribution < 1.29 is 37.9 Å².